The maximum absolute atomic E-state index is 14.3. The van der Waals surface area contributed by atoms with Crippen molar-refractivity contribution >= 4 is 23.4 Å². The van der Waals surface area contributed by atoms with Crippen LogP contribution in [0.1, 0.15) is 47.8 Å². The van der Waals surface area contributed by atoms with Gasteiger partial charge in [-0.05, 0) is 74.2 Å². The number of hydrogen-bond acceptors (Lipinski definition) is 4. The summed E-state index contributed by atoms with van der Waals surface area (Å²) in [5, 5.41) is 0.248. The lowest BCUT2D eigenvalue weighted by molar-refractivity contribution is -0.119. The fourth-order valence-electron chi connectivity index (χ4n) is 3.90. The number of para-hydroxylation sites is 1. The van der Waals surface area contributed by atoms with Crippen molar-refractivity contribution in [3.63, 3.8) is 0 Å². The summed E-state index contributed by atoms with van der Waals surface area (Å²) in [4.78, 5) is 30.2. The molecule has 1 atom stereocenters. The number of hydrogen-bond donors (Lipinski definition) is 1. The molecule has 0 aliphatic heterocycles. The highest BCUT2D eigenvalue weighted by atomic mass is 35.5. The number of primary amides is 1. The molecule has 0 bridgehead atoms. The van der Waals surface area contributed by atoms with Crippen LogP contribution >= 0.6 is 11.6 Å². The summed E-state index contributed by atoms with van der Waals surface area (Å²) in [6.07, 6.45) is 4.31. The molecule has 6 nitrogen and oxygen atoms in total. The largest absolute Gasteiger partial charge is 0.490 e. The average Bonchev–Trinajstić information content (AvgIpc) is 3.22. The van der Waals surface area contributed by atoms with E-state index < -0.39 is 23.7 Å². The van der Waals surface area contributed by atoms with Crippen LogP contribution in [0.4, 0.5) is 4.39 Å². The van der Waals surface area contributed by atoms with Gasteiger partial charge in [-0.3, -0.25) is 14.6 Å². The Labute approximate surface area is 203 Å². The minimum absolute atomic E-state index is 0.126. The van der Waals surface area contributed by atoms with Crippen LogP contribution in [-0.2, 0) is 11.2 Å². The van der Waals surface area contributed by atoms with Gasteiger partial charge in [0.15, 0.2) is 0 Å². The molecule has 3 aromatic rings. The number of rotatable bonds is 6. The van der Waals surface area contributed by atoms with Crippen molar-refractivity contribution in [3.05, 3.63) is 94.5 Å². The van der Waals surface area contributed by atoms with Crippen LogP contribution in [0.3, 0.4) is 0 Å². The van der Waals surface area contributed by atoms with Crippen molar-refractivity contribution in [2.45, 2.75) is 38.8 Å². The van der Waals surface area contributed by atoms with E-state index in [2.05, 4.69) is 4.98 Å². The number of amides is 2. The second kappa shape index (κ2) is 11.6. The summed E-state index contributed by atoms with van der Waals surface area (Å²) in [5.74, 6) is -1.02. The zero-order valence-electron chi connectivity index (χ0n) is 19.1. The first-order valence-corrected chi connectivity index (χ1v) is 11.3. The number of aromatic nitrogens is 1. The number of carbonyl (C=O) groups excluding carboxylic acids is 2. The zero-order valence-corrected chi connectivity index (χ0v) is 19.8. The third kappa shape index (κ3) is 6.32. The van der Waals surface area contributed by atoms with Crippen molar-refractivity contribution in [3.8, 4) is 5.75 Å². The van der Waals surface area contributed by atoms with Crippen molar-refractivity contribution in [2.75, 3.05) is 6.54 Å². The van der Waals surface area contributed by atoms with E-state index in [-0.39, 0.29) is 17.7 Å². The molecule has 1 aromatic heterocycles. The molecular weight excluding hydrogens is 457 g/mol. The molecular formula is C26H27ClFN3O3. The van der Waals surface area contributed by atoms with Crippen LogP contribution in [0.5, 0.6) is 5.75 Å². The molecule has 1 unspecified atom stereocenters. The average molecular weight is 484 g/mol. The molecule has 34 heavy (non-hydrogen) atoms. The Morgan fingerprint density at radius 3 is 2.47 bits per heavy atom. The molecule has 0 spiro atoms. The number of benzene rings is 2. The number of nitrogens with zero attached hydrogens (tertiary/aromatic N) is 2. The van der Waals surface area contributed by atoms with Gasteiger partial charge >= 0.3 is 0 Å². The van der Waals surface area contributed by atoms with Gasteiger partial charge in [0.1, 0.15) is 18.1 Å². The van der Waals surface area contributed by atoms with E-state index in [9.17, 15) is 14.0 Å². The first kappa shape index (κ1) is 25.2. The fourth-order valence-corrected chi connectivity index (χ4v) is 4.12. The lowest BCUT2D eigenvalue weighted by Gasteiger charge is -2.29. The van der Waals surface area contributed by atoms with Gasteiger partial charge in [0.05, 0.1) is 17.7 Å². The SMILES string of the molecule is CC(C)Oc1ccccc1C(=O)N(CC(N)=O)C1CCc2c(F)cc(Cl)cc21.c1ccncc1. The van der Waals surface area contributed by atoms with Crippen LogP contribution in [0.25, 0.3) is 0 Å². The van der Waals surface area contributed by atoms with Crippen LogP contribution in [0.15, 0.2) is 67.0 Å². The van der Waals surface area contributed by atoms with Gasteiger partial charge in [0, 0.05) is 17.4 Å². The Morgan fingerprint density at radius 1 is 1.18 bits per heavy atom. The first-order chi connectivity index (χ1) is 16.3. The van der Waals surface area contributed by atoms with E-state index in [1.807, 2.05) is 32.0 Å². The summed E-state index contributed by atoms with van der Waals surface area (Å²) >= 11 is 6.03. The number of carbonyl (C=O) groups is 2. The first-order valence-electron chi connectivity index (χ1n) is 11.0. The highest BCUT2D eigenvalue weighted by molar-refractivity contribution is 6.30. The Hall–Kier alpha value is -3.45. The number of pyridine rings is 1. The Morgan fingerprint density at radius 2 is 1.88 bits per heavy atom. The lowest BCUT2D eigenvalue weighted by Crippen LogP contribution is -2.40. The number of fused-ring (bicyclic) bond motifs is 1. The second-order valence-corrected chi connectivity index (χ2v) is 8.53. The van der Waals surface area contributed by atoms with Crippen molar-refractivity contribution < 1.29 is 18.7 Å². The van der Waals surface area contributed by atoms with Crippen molar-refractivity contribution in [1.29, 1.82) is 0 Å². The smallest absolute Gasteiger partial charge is 0.258 e. The molecule has 0 saturated carbocycles. The van der Waals surface area contributed by atoms with Gasteiger partial charge in [0.2, 0.25) is 5.91 Å². The molecule has 1 aliphatic carbocycles. The maximum Gasteiger partial charge on any atom is 0.258 e. The van der Waals surface area contributed by atoms with Crippen LogP contribution in [0, 0.1) is 5.82 Å². The number of ether oxygens (including phenoxy) is 1. The molecule has 0 radical (unpaired) electrons. The van der Waals surface area contributed by atoms with E-state index in [1.54, 1.807) is 42.7 Å². The van der Waals surface area contributed by atoms with Gasteiger partial charge in [-0.25, -0.2) is 4.39 Å². The summed E-state index contributed by atoms with van der Waals surface area (Å²) < 4.78 is 20.0. The number of halogens is 2. The van der Waals surface area contributed by atoms with Crippen molar-refractivity contribution in [2.24, 2.45) is 5.73 Å². The molecule has 0 saturated heterocycles. The van der Waals surface area contributed by atoms with E-state index >= 15 is 0 Å². The van der Waals surface area contributed by atoms with E-state index in [1.165, 1.54) is 11.0 Å². The standard InChI is InChI=1S/C21H22ClFN2O3.C5H5N/c1-12(2)28-19-6-4-3-5-15(19)21(27)25(11-20(24)26)18-8-7-14-16(18)9-13(22)10-17(14)23;1-2-4-6-5-3-1/h3-6,9-10,12,18H,7-8,11H2,1-2H3,(H2,24,26);1-5H. The van der Waals surface area contributed by atoms with Crippen LogP contribution < -0.4 is 10.5 Å². The minimum Gasteiger partial charge on any atom is -0.490 e. The molecule has 2 aromatic carbocycles. The van der Waals surface area contributed by atoms with Gasteiger partial charge < -0.3 is 15.4 Å². The summed E-state index contributed by atoms with van der Waals surface area (Å²) in [6, 6.07) is 15.0. The highest BCUT2D eigenvalue weighted by Crippen LogP contribution is 2.39. The van der Waals surface area contributed by atoms with E-state index in [4.69, 9.17) is 22.1 Å². The highest BCUT2D eigenvalue weighted by Gasteiger charge is 2.35. The molecule has 4 rings (SSSR count). The second-order valence-electron chi connectivity index (χ2n) is 8.10. The molecule has 2 N–H and O–H groups in total. The predicted molar refractivity (Wildman–Crippen MR) is 129 cm³/mol. The van der Waals surface area contributed by atoms with Crippen LogP contribution in [-0.4, -0.2) is 34.3 Å². The van der Waals surface area contributed by atoms with E-state index in [0.717, 1.165) is 0 Å². The number of nitrogens with two attached hydrogens (primary N) is 1. The Bertz CT molecular complexity index is 1110. The monoisotopic (exact) mass is 483 g/mol. The third-order valence-electron chi connectivity index (χ3n) is 5.23. The summed E-state index contributed by atoms with van der Waals surface area (Å²) in [7, 11) is 0. The maximum atomic E-state index is 14.3. The van der Waals surface area contributed by atoms with E-state index in [0.29, 0.717) is 35.3 Å². The van der Waals surface area contributed by atoms with Gasteiger partial charge in [-0.15, -0.1) is 0 Å². The predicted octanol–water partition coefficient (Wildman–Crippen LogP) is 4.96. The third-order valence-corrected chi connectivity index (χ3v) is 5.45. The Kier molecular flexibility index (Phi) is 8.60. The molecule has 2 amide bonds. The molecule has 0 fully saturated rings. The summed E-state index contributed by atoms with van der Waals surface area (Å²) in [5.41, 5.74) is 6.87. The molecule has 8 heteroatoms. The quantitative estimate of drug-likeness (QED) is 0.536. The van der Waals surface area contributed by atoms with Crippen LogP contribution in [0.2, 0.25) is 5.02 Å². The lowest BCUT2D eigenvalue weighted by atomic mass is 10.0. The van der Waals surface area contributed by atoms with Gasteiger partial charge in [0.25, 0.3) is 5.91 Å². The van der Waals surface area contributed by atoms with Crippen molar-refractivity contribution in [1.82, 2.24) is 9.88 Å². The summed E-state index contributed by atoms with van der Waals surface area (Å²) in [6.45, 7) is 3.44. The normalized spacial score (nSPS) is 14.1. The zero-order chi connectivity index (χ0) is 24.7. The molecule has 1 heterocycles. The fraction of sp³-hybridized carbons (Fsp3) is 0.269. The topological polar surface area (TPSA) is 85.5 Å². The molecule has 1 aliphatic rings. The minimum atomic E-state index is -0.647. The van der Waals surface area contributed by atoms with Gasteiger partial charge in [-0.1, -0.05) is 29.8 Å². The van der Waals surface area contributed by atoms with Gasteiger partial charge in [-0.2, -0.15) is 0 Å². The molecule has 178 valence electrons. The Balaban J connectivity index is 0.000000469.